The Balaban J connectivity index is 2.95. The standard InChI is InChI=1S/C9H19NO/c1-2-3-4-5-6-7-9(11)8-10/h2-8,10H2,1H3. The lowest BCUT2D eigenvalue weighted by molar-refractivity contribution is -0.117. The maximum atomic E-state index is 10.7. The molecule has 66 valence electrons. The second-order valence-electron chi connectivity index (χ2n) is 2.91. The number of nitrogens with two attached hydrogens (primary N) is 1. The summed E-state index contributed by atoms with van der Waals surface area (Å²) in [5.74, 6) is 0.196. The van der Waals surface area contributed by atoms with E-state index in [1.54, 1.807) is 0 Å². The van der Waals surface area contributed by atoms with Crippen molar-refractivity contribution in [2.24, 2.45) is 5.73 Å². The predicted octanol–water partition coefficient (Wildman–Crippen LogP) is 1.87. The van der Waals surface area contributed by atoms with Crippen LogP contribution in [0, 0.1) is 0 Å². The van der Waals surface area contributed by atoms with Gasteiger partial charge in [0.25, 0.3) is 0 Å². The highest BCUT2D eigenvalue weighted by atomic mass is 16.1. The van der Waals surface area contributed by atoms with Gasteiger partial charge in [0.15, 0.2) is 0 Å². The minimum Gasteiger partial charge on any atom is -0.324 e. The third-order valence-corrected chi connectivity index (χ3v) is 1.79. The summed E-state index contributed by atoms with van der Waals surface area (Å²) in [5.41, 5.74) is 5.16. The number of hydrogen-bond donors (Lipinski definition) is 1. The van der Waals surface area contributed by atoms with Crippen LogP contribution in [0.15, 0.2) is 0 Å². The third-order valence-electron chi connectivity index (χ3n) is 1.79. The number of hydrogen-bond acceptors (Lipinski definition) is 2. The van der Waals surface area contributed by atoms with E-state index in [1.165, 1.54) is 25.7 Å². The smallest absolute Gasteiger partial charge is 0.146 e. The minimum atomic E-state index is 0.196. The molecule has 0 aliphatic rings. The van der Waals surface area contributed by atoms with Gasteiger partial charge in [-0.2, -0.15) is 0 Å². The number of unbranched alkanes of at least 4 members (excludes halogenated alkanes) is 4. The average molecular weight is 157 g/mol. The van der Waals surface area contributed by atoms with Crippen LogP contribution < -0.4 is 5.73 Å². The predicted molar refractivity (Wildman–Crippen MR) is 47.4 cm³/mol. The van der Waals surface area contributed by atoms with Crippen molar-refractivity contribution in [1.82, 2.24) is 0 Å². The van der Waals surface area contributed by atoms with Gasteiger partial charge in [0.2, 0.25) is 0 Å². The van der Waals surface area contributed by atoms with Crippen LogP contribution >= 0.6 is 0 Å². The highest BCUT2D eigenvalue weighted by Crippen LogP contribution is 2.04. The van der Waals surface area contributed by atoms with E-state index in [4.69, 9.17) is 5.73 Å². The molecule has 0 aromatic rings. The fraction of sp³-hybridized carbons (Fsp3) is 0.889. The fourth-order valence-corrected chi connectivity index (χ4v) is 1.03. The molecule has 0 bridgehead atoms. The topological polar surface area (TPSA) is 43.1 Å². The van der Waals surface area contributed by atoms with Gasteiger partial charge in [-0.15, -0.1) is 0 Å². The van der Waals surface area contributed by atoms with Crippen molar-refractivity contribution >= 4 is 5.78 Å². The third kappa shape index (κ3) is 7.53. The zero-order chi connectivity index (χ0) is 8.53. The van der Waals surface area contributed by atoms with Crippen molar-refractivity contribution in [1.29, 1.82) is 0 Å². The van der Waals surface area contributed by atoms with Crippen LogP contribution in [0.3, 0.4) is 0 Å². The second kappa shape index (κ2) is 7.73. The molecule has 11 heavy (non-hydrogen) atoms. The van der Waals surface area contributed by atoms with Crippen LogP contribution in [0.25, 0.3) is 0 Å². The molecule has 0 amide bonds. The van der Waals surface area contributed by atoms with Crippen molar-refractivity contribution in [3.63, 3.8) is 0 Å². The van der Waals surface area contributed by atoms with Gasteiger partial charge >= 0.3 is 0 Å². The van der Waals surface area contributed by atoms with Gasteiger partial charge in [0, 0.05) is 6.42 Å². The Bertz CT molecular complexity index is 102. The number of ketones is 1. The molecule has 0 aliphatic carbocycles. The Hall–Kier alpha value is -0.370. The average Bonchev–Trinajstić information content (AvgIpc) is 2.04. The maximum Gasteiger partial charge on any atom is 0.146 e. The van der Waals surface area contributed by atoms with Crippen LogP contribution in [0.2, 0.25) is 0 Å². The van der Waals surface area contributed by atoms with E-state index in [0.29, 0.717) is 6.42 Å². The Kier molecular flexibility index (Phi) is 7.47. The molecule has 2 nitrogen and oxygen atoms in total. The van der Waals surface area contributed by atoms with Crippen LogP contribution in [0.5, 0.6) is 0 Å². The van der Waals surface area contributed by atoms with Gasteiger partial charge in [0.1, 0.15) is 5.78 Å². The number of Topliss-reactive ketones (excluding diaryl/α,β-unsaturated/α-hetero) is 1. The molecular formula is C9H19NO. The highest BCUT2D eigenvalue weighted by Gasteiger charge is 1.96. The van der Waals surface area contributed by atoms with Gasteiger partial charge < -0.3 is 5.73 Å². The Morgan fingerprint density at radius 1 is 1.18 bits per heavy atom. The van der Waals surface area contributed by atoms with E-state index >= 15 is 0 Å². The molecule has 2 N–H and O–H groups in total. The number of rotatable bonds is 7. The lowest BCUT2D eigenvalue weighted by Gasteiger charge is -1.97. The van der Waals surface area contributed by atoms with Crippen LogP contribution in [-0.2, 0) is 4.79 Å². The first kappa shape index (κ1) is 10.6. The summed E-state index contributed by atoms with van der Waals surface area (Å²) >= 11 is 0. The summed E-state index contributed by atoms with van der Waals surface area (Å²) in [5, 5.41) is 0. The SMILES string of the molecule is CCCCCCCC(=O)CN. The molecule has 0 fully saturated rings. The molecule has 0 radical (unpaired) electrons. The minimum absolute atomic E-state index is 0.196. The summed E-state index contributed by atoms with van der Waals surface area (Å²) in [7, 11) is 0. The molecule has 0 heterocycles. The monoisotopic (exact) mass is 157 g/mol. The Morgan fingerprint density at radius 2 is 1.82 bits per heavy atom. The van der Waals surface area contributed by atoms with E-state index in [9.17, 15) is 4.79 Å². The summed E-state index contributed by atoms with van der Waals surface area (Å²) in [6.45, 7) is 2.40. The summed E-state index contributed by atoms with van der Waals surface area (Å²) < 4.78 is 0. The Morgan fingerprint density at radius 3 is 2.36 bits per heavy atom. The maximum absolute atomic E-state index is 10.7. The molecular weight excluding hydrogens is 138 g/mol. The zero-order valence-electron chi connectivity index (χ0n) is 7.44. The molecule has 0 saturated heterocycles. The van der Waals surface area contributed by atoms with Crippen molar-refractivity contribution in [2.75, 3.05) is 6.54 Å². The molecule has 0 aromatic carbocycles. The summed E-state index contributed by atoms with van der Waals surface area (Å²) in [4.78, 5) is 10.7. The van der Waals surface area contributed by atoms with Gasteiger partial charge in [-0.25, -0.2) is 0 Å². The molecule has 0 unspecified atom stereocenters. The van der Waals surface area contributed by atoms with Crippen molar-refractivity contribution in [3.05, 3.63) is 0 Å². The van der Waals surface area contributed by atoms with Crippen molar-refractivity contribution in [2.45, 2.75) is 45.4 Å². The fourth-order valence-electron chi connectivity index (χ4n) is 1.03. The number of carbonyl (C=O) groups is 1. The van der Waals surface area contributed by atoms with Crippen LogP contribution in [0.4, 0.5) is 0 Å². The van der Waals surface area contributed by atoms with Gasteiger partial charge in [0.05, 0.1) is 6.54 Å². The Labute approximate surface area is 69.2 Å². The van der Waals surface area contributed by atoms with Crippen molar-refractivity contribution in [3.8, 4) is 0 Å². The van der Waals surface area contributed by atoms with E-state index in [2.05, 4.69) is 6.92 Å². The largest absolute Gasteiger partial charge is 0.324 e. The lowest BCUT2D eigenvalue weighted by atomic mass is 10.1. The molecule has 0 aromatic heterocycles. The molecule has 0 saturated carbocycles. The first-order valence-corrected chi connectivity index (χ1v) is 4.53. The van der Waals surface area contributed by atoms with Gasteiger partial charge in [-0.3, -0.25) is 4.79 Å². The molecule has 2 heteroatoms. The zero-order valence-corrected chi connectivity index (χ0v) is 7.44. The van der Waals surface area contributed by atoms with E-state index < -0.39 is 0 Å². The number of carbonyl (C=O) groups excluding carboxylic acids is 1. The molecule has 0 rings (SSSR count). The summed E-state index contributed by atoms with van der Waals surface area (Å²) in [6.07, 6.45) is 6.69. The first-order valence-electron chi connectivity index (χ1n) is 4.53. The quantitative estimate of drug-likeness (QED) is 0.573. The van der Waals surface area contributed by atoms with Crippen molar-refractivity contribution < 1.29 is 4.79 Å². The van der Waals surface area contributed by atoms with Crippen LogP contribution in [0.1, 0.15) is 45.4 Å². The molecule has 0 spiro atoms. The summed E-state index contributed by atoms with van der Waals surface area (Å²) in [6, 6.07) is 0. The van der Waals surface area contributed by atoms with Gasteiger partial charge in [-0.1, -0.05) is 32.6 Å². The lowest BCUT2D eigenvalue weighted by Crippen LogP contribution is -2.12. The van der Waals surface area contributed by atoms with E-state index in [0.717, 1.165) is 6.42 Å². The van der Waals surface area contributed by atoms with Gasteiger partial charge in [-0.05, 0) is 6.42 Å². The highest BCUT2D eigenvalue weighted by molar-refractivity contribution is 5.80. The van der Waals surface area contributed by atoms with E-state index in [-0.39, 0.29) is 12.3 Å². The van der Waals surface area contributed by atoms with Crippen LogP contribution in [-0.4, -0.2) is 12.3 Å². The molecule has 0 aliphatic heterocycles. The molecule has 0 atom stereocenters. The van der Waals surface area contributed by atoms with E-state index in [1.807, 2.05) is 0 Å². The normalized spacial score (nSPS) is 10.0. The second-order valence-corrected chi connectivity index (χ2v) is 2.91. The first-order chi connectivity index (χ1) is 5.31.